The summed E-state index contributed by atoms with van der Waals surface area (Å²) in [6.45, 7) is 5.20. The number of rotatable bonds is 2. The van der Waals surface area contributed by atoms with E-state index >= 15 is 0 Å². The minimum Gasteiger partial charge on any atom is -0.381 e. The molecule has 0 fully saturated rings. The molecule has 1 nitrogen and oxygen atoms in total. The fourth-order valence-corrected chi connectivity index (χ4v) is 1.31. The maximum atomic E-state index is 9.77. The molecule has 0 bridgehead atoms. The van der Waals surface area contributed by atoms with Gasteiger partial charge < -0.3 is 5.11 Å². The standard InChI is InChI=1S/C10H11ClO/c1-3-10(2,12)8-6-4-5-7-9(8)11/h3-7,12H,1H2,2H3. The monoisotopic (exact) mass is 182 g/mol. The summed E-state index contributed by atoms with van der Waals surface area (Å²) in [5.41, 5.74) is -0.361. The molecule has 0 aliphatic heterocycles. The summed E-state index contributed by atoms with van der Waals surface area (Å²) >= 11 is 5.88. The van der Waals surface area contributed by atoms with Gasteiger partial charge in [-0.05, 0) is 13.0 Å². The van der Waals surface area contributed by atoms with E-state index in [1.165, 1.54) is 6.08 Å². The molecule has 0 aliphatic rings. The van der Waals surface area contributed by atoms with Crippen LogP contribution in [0.5, 0.6) is 0 Å². The Hall–Kier alpha value is -0.790. The van der Waals surface area contributed by atoms with Gasteiger partial charge in [0.15, 0.2) is 0 Å². The van der Waals surface area contributed by atoms with Crippen molar-refractivity contribution in [3.8, 4) is 0 Å². The van der Waals surface area contributed by atoms with Crippen LogP contribution in [0.1, 0.15) is 12.5 Å². The normalized spacial score (nSPS) is 15.2. The van der Waals surface area contributed by atoms with Crippen molar-refractivity contribution in [2.45, 2.75) is 12.5 Å². The Morgan fingerprint density at radius 3 is 2.58 bits per heavy atom. The molecular formula is C10H11ClO. The minimum absolute atomic E-state index is 0.558. The molecule has 1 unspecified atom stereocenters. The van der Waals surface area contributed by atoms with Gasteiger partial charge in [-0.2, -0.15) is 0 Å². The highest BCUT2D eigenvalue weighted by molar-refractivity contribution is 6.31. The zero-order valence-corrected chi connectivity index (χ0v) is 7.67. The molecule has 0 saturated carbocycles. The van der Waals surface area contributed by atoms with Crippen molar-refractivity contribution >= 4 is 11.6 Å². The topological polar surface area (TPSA) is 20.2 Å². The Labute approximate surface area is 77.3 Å². The number of hydrogen-bond donors (Lipinski definition) is 1. The molecule has 2 heteroatoms. The molecule has 0 aliphatic carbocycles. The first-order valence-electron chi connectivity index (χ1n) is 3.69. The number of benzene rings is 1. The lowest BCUT2D eigenvalue weighted by Crippen LogP contribution is -2.17. The van der Waals surface area contributed by atoms with Gasteiger partial charge in [-0.3, -0.25) is 0 Å². The number of aliphatic hydroxyl groups is 1. The van der Waals surface area contributed by atoms with Gasteiger partial charge in [0.1, 0.15) is 5.60 Å². The van der Waals surface area contributed by atoms with E-state index in [-0.39, 0.29) is 0 Å². The van der Waals surface area contributed by atoms with E-state index in [0.717, 1.165) is 0 Å². The molecule has 0 aromatic heterocycles. The molecule has 1 atom stereocenters. The molecule has 0 spiro atoms. The molecule has 0 heterocycles. The Balaban J connectivity index is 3.19. The molecule has 0 amide bonds. The zero-order valence-electron chi connectivity index (χ0n) is 6.92. The van der Waals surface area contributed by atoms with Crippen molar-refractivity contribution in [1.29, 1.82) is 0 Å². The summed E-state index contributed by atoms with van der Waals surface area (Å²) in [7, 11) is 0. The van der Waals surface area contributed by atoms with Gasteiger partial charge >= 0.3 is 0 Å². The van der Waals surface area contributed by atoms with Crippen molar-refractivity contribution in [2.75, 3.05) is 0 Å². The van der Waals surface area contributed by atoms with Crippen LogP contribution in [-0.4, -0.2) is 5.11 Å². The SMILES string of the molecule is C=CC(C)(O)c1ccccc1Cl. The smallest absolute Gasteiger partial charge is 0.106 e. The van der Waals surface area contributed by atoms with Gasteiger partial charge in [-0.25, -0.2) is 0 Å². The average molecular weight is 183 g/mol. The zero-order chi connectivity index (χ0) is 9.19. The van der Waals surface area contributed by atoms with Crippen LogP contribution in [0, 0.1) is 0 Å². The van der Waals surface area contributed by atoms with E-state index in [9.17, 15) is 5.11 Å². The summed E-state index contributed by atoms with van der Waals surface area (Å²) in [4.78, 5) is 0. The Morgan fingerprint density at radius 1 is 1.50 bits per heavy atom. The first-order chi connectivity index (χ1) is 5.58. The minimum atomic E-state index is -1.04. The average Bonchev–Trinajstić information content (AvgIpc) is 2.05. The van der Waals surface area contributed by atoms with E-state index in [1.807, 2.05) is 12.1 Å². The van der Waals surface area contributed by atoms with E-state index in [1.54, 1.807) is 19.1 Å². The highest BCUT2D eigenvalue weighted by Crippen LogP contribution is 2.28. The van der Waals surface area contributed by atoms with Crippen molar-refractivity contribution in [3.63, 3.8) is 0 Å². The predicted octanol–water partition coefficient (Wildman–Crippen LogP) is 2.73. The first-order valence-corrected chi connectivity index (χ1v) is 4.06. The van der Waals surface area contributed by atoms with Crippen molar-refractivity contribution < 1.29 is 5.11 Å². The summed E-state index contributed by atoms with van der Waals surface area (Å²) in [5, 5.41) is 10.3. The maximum absolute atomic E-state index is 9.77. The van der Waals surface area contributed by atoms with Crippen LogP contribution < -0.4 is 0 Å². The molecule has 0 saturated heterocycles. The van der Waals surface area contributed by atoms with Crippen LogP contribution in [0.15, 0.2) is 36.9 Å². The third kappa shape index (κ3) is 1.68. The highest BCUT2D eigenvalue weighted by atomic mass is 35.5. The second kappa shape index (κ2) is 3.30. The Morgan fingerprint density at radius 2 is 2.08 bits per heavy atom. The quantitative estimate of drug-likeness (QED) is 0.698. The van der Waals surface area contributed by atoms with Gasteiger partial charge in [-0.1, -0.05) is 42.5 Å². The fraction of sp³-hybridized carbons (Fsp3) is 0.200. The molecule has 64 valence electrons. The summed E-state index contributed by atoms with van der Waals surface area (Å²) < 4.78 is 0. The molecular weight excluding hydrogens is 172 g/mol. The van der Waals surface area contributed by atoms with Gasteiger partial charge in [0.25, 0.3) is 0 Å². The van der Waals surface area contributed by atoms with Crippen molar-refractivity contribution in [3.05, 3.63) is 47.5 Å². The van der Waals surface area contributed by atoms with Gasteiger partial charge in [0, 0.05) is 10.6 Å². The van der Waals surface area contributed by atoms with E-state index in [0.29, 0.717) is 10.6 Å². The lowest BCUT2D eigenvalue weighted by molar-refractivity contribution is 0.112. The molecule has 0 radical (unpaired) electrons. The molecule has 1 aromatic rings. The second-order valence-electron chi connectivity index (χ2n) is 2.83. The van der Waals surface area contributed by atoms with Crippen molar-refractivity contribution in [1.82, 2.24) is 0 Å². The van der Waals surface area contributed by atoms with Gasteiger partial charge in [0.2, 0.25) is 0 Å². The largest absolute Gasteiger partial charge is 0.381 e. The number of hydrogen-bond acceptors (Lipinski definition) is 1. The third-order valence-corrected chi connectivity index (χ3v) is 2.15. The molecule has 1 aromatic carbocycles. The second-order valence-corrected chi connectivity index (χ2v) is 3.24. The van der Waals surface area contributed by atoms with Gasteiger partial charge in [-0.15, -0.1) is 0 Å². The summed E-state index contributed by atoms with van der Waals surface area (Å²) in [5.74, 6) is 0. The Bertz CT molecular complexity index is 292. The highest BCUT2D eigenvalue weighted by Gasteiger charge is 2.20. The maximum Gasteiger partial charge on any atom is 0.106 e. The molecule has 1 N–H and O–H groups in total. The van der Waals surface area contributed by atoms with Gasteiger partial charge in [0.05, 0.1) is 0 Å². The lowest BCUT2D eigenvalue weighted by Gasteiger charge is -2.19. The first kappa shape index (κ1) is 9.30. The van der Waals surface area contributed by atoms with E-state index in [2.05, 4.69) is 6.58 Å². The van der Waals surface area contributed by atoms with Crippen LogP contribution in [0.2, 0.25) is 5.02 Å². The lowest BCUT2D eigenvalue weighted by atomic mass is 9.96. The number of halogens is 1. The molecule has 12 heavy (non-hydrogen) atoms. The van der Waals surface area contributed by atoms with Crippen molar-refractivity contribution in [2.24, 2.45) is 0 Å². The summed E-state index contributed by atoms with van der Waals surface area (Å²) in [6.07, 6.45) is 1.47. The fourth-order valence-electron chi connectivity index (χ4n) is 0.982. The summed E-state index contributed by atoms with van der Waals surface area (Å²) in [6, 6.07) is 7.18. The van der Waals surface area contributed by atoms with Crippen LogP contribution in [0.3, 0.4) is 0 Å². The van der Waals surface area contributed by atoms with Crippen LogP contribution in [0.4, 0.5) is 0 Å². The van der Waals surface area contributed by atoms with E-state index < -0.39 is 5.60 Å². The van der Waals surface area contributed by atoms with Crippen LogP contribution >= 0.6 is 11.6 Å². The van der Waals surface area contributed by atoms with Crippen LogP contribution in [-0.2, 0) is 5.60 Å². The van der Waals surface area contributed by atoms with E-state index in [4.69, 9.17) is 11.6 Å². The predicted molar refractivity (Wildman–Crippen MR) is 51.2 cm³/mol. The molecule has 1 rings (SSSR count). The van der Waals surface area contributed by atoms with Crippen LogP contribution in [0.25, 0.3) is 0 Å². The Kier molecular flexibility index (Phi) is 2.55. The third-order valence-electron chi connectivity index (χ3n) is 1.82.